The van der Waals surface area contributed by atoms with Gasteiger partial charge in [-0.15, -0.1) is 11.3 Å². The van der Waals surface area contributed by atoms with Crippen molar-refractivity contribution < 1.29 is 9.53 Å². The maximum absolute atomic E-state index is 12.9. The predicted octanol–water partition coefficient (Wildman–Crippen LogP) is 3.86. The van der Waals surface area contributed by atoms with Crippen LogP contribution >= 0.6 is 11.3 Å². The van der Waals surface area contributed by atoms with Crippen LogP contribution in [0.1, 0.15) is 58.3 Å². The Bertz CT molecular complexity index is 819. The average Bonchev–Trinajstić information content (AvgIpc) is 3.05. The Labute approximate surface area is 172 Å². The molecule has 1 aliphatic heterocycles. The number of morpholine rings is 1. The van der Waals surface area contributed by atoms with Crippen LogP contribution in [0.3, 0.4) is 0 Å². The molecule has 2 heterocycles. The van der Waals surface area contributed by atoms with Crippen molar-refractivity contribution in [2.75, 3.05) is 32.8 Å². The summed E-state index contributed by atoms with van der Waals surface area (Å²) in [6.07, 6.45) is 0. The summed E-state index contributed by atoms with van der Waals surface area (Å²) in [6.45, 7) is 14.2. The molecule has 1 N–H and O–H groups in total. The van der Waals surface area contributed by atoms with Crippen molar-refractivity contribution in [1.29, 1.82) is 0 Å². The minimum atomic E-state index is -0.0497. The summed E-state index contributed by atoms with van der Waals surface area (Å²) >= 11 is 1.50. The van der Waals surface area contributed by atoms with Crippen LogP contribution in [0, 0.1) is 13.8 Å². The van der Waals surface area contributed by atoms with E-state index in [1.165, 1.54) is 22.5 Å². The van der Waals surface area contributed by atoms with Crippen LogP contribution in [0.25, 0.3) is 0 Å². The lowest BCUT2D eigenvalue weighted by Gasteiger charge is -2.35. The van der Waals surface area contributed by atoms with Gasteiger partial charge in [-0.05, 0) is 19.4 Å². The first kappa shape index (κ1) is 21.0. The highest BCUT2D eigenvalue weighted by molar-refractivity contribution is 7.14. The molecule has 0 bridgehead atoms. The van der Waals surface area contributed by atoms with Crippen LogP contribution in [-0.4, -0.2) is 48.6 Å². The normalized spacial score (nSPS) is 16.8. The number of hydrogen-bond acceptors (Lipinski definition) is 5. The maximum atomic E-state index is 12.9. The van der Waals surface area contributed by atoms with Crippen molar-refractivity contribution in [3.8, 4) is 0 Å². The van der Waals surface area contributed by atoms with Gasteiger partial charge in [-0.25, -0.2) is 4.98 Å². The average molecular weight is 402 g/mol. The fourth-order valence-electron chi connectivity index (χ4n) is 3.42. The predicted molar refractivity (Wildman–Crippen MR) is 114 cm³/mol. The number of aryl methyl sites for hydroxylation is 2. The van der Waals surface area contributed by atoms with Crippen LogP contribution < -0.4 is 5.32 Å². The summed E-state index contributed by atoms with van der Waals surface area (Å²) in [6, 6.07) is 8.69. The van der Waals surface area contributed by atoms with Gasteiger partial charge in [-0.1, -0.05) is 50.6 Å². The molecule has 1 saturated heterocycles. The van der Waals surface area contributed by atoms with Crippen LogP contribution in [0.5, 0.6) is 0 Å². The number of carbonyl (C=O) groups is 1. The quantitative estimate of drug-likeness (QED) is 0.827. The Morgan fingerprint density at radius 3 is 2.61 bits per heavy atom. The number of carbonyl (C=O) groups excluding carboxylic acids is 1. The van der Waals surface area contributed by atoms with Crippen molar-refractivity contribution >= 4 is 17.2 Å². The summed E-state index contributed by atoms with van der Waals surface area (Å²) in [5.41, 5.74) is 3.23. The molecule has 152 valence electrons. The van der Waals surface area contributed by atoms with E-state index >= 15 is 0 Å². The van der Waals surface area contributed by atoms with Gasteiger partial charge in [0, 0.05) is 25.0 Å². The van der Waals surface area contributed by atoms with E-state index in [2.05, 4.69) is 67.2 Å². The molecule has 6 heteroatoms. The Kier molecular flexibility index (Phi) is 6.53. The summed E-state index contributed by atoms with van der Waals surface area (Å²) in [5, 5.41) is 4.17. The highest BCUT2D eigenvalue weighted by Gasteiger charge is 2.26. The third-order valence-electron chi connectivity index (χ3n) is 5.01. The fourth-order valence-corrected chi connectivity index (χ4v) is 4.46. The number of aromatic nitrogens is 1. The molecule has 3 rings (SSSR count). The first-order valence-electron chi connectivity index (χ1n) is 9.90. The maximum Gasteiger partial charge on any atom is 0.263 e. The van der Waals surface area contributed by atoms with E-state index in [0.717, 1.165) is 41.9 Å². The zero-order chi connectivity index (χ0) is 20.3. The van der Waals surface area contributed by atoms with Crippen molar-refractivity contribution in [3.63, 3.8) is 0 Å². The minimum Gasteiger partial charge on any atom is -0.379 e. The van der Waals surface area contributed by atoms with E-state index in [-0.39, 0.29) is 17.4 Å². The van der Waals surface area contributed by atoms with Gasteiger partial charge in [-0.2, -0.15) is 0 Å². The fraction of sp³-hybridized carbons (Fsp3) is 0.545. The number of nitrogens with one attached hydrogen (secondary N) is 1. The zero-order valence-electron chi connectivity index (χ0n) is 17.5. The summed E-state index contributed by atoms with van der Waals surface area (Å²) in [5.74, 6) is -0.0311. The summed E-state index contributed by atoms with van der Waals surface area (Å²) in [7, 11) is 0. The van der Waals surface area contributed by atoms with E-state index in [1.54, 1.807) is 0 Å². The minimum absolute atomic E-state index is 0.0311. The van der Waals surface area contributed by atoms with E-state index in [9.17, 15) is 4.79 Å². The zero-order valence-corrected chi connectivity index (χ0v) is 18.4. The number of hydrogen-bond donors (Lipinski definition) is 1. The van der Waals surface area contributed by atoms with E-state index in [0.29, 0.717) is 6.54 Å². The van der Waals surface area contributed by atoms with E-state index < -0.39 is 0 Å². The molecule has 1 fully saturated rings. The van der Waals surface area contributed by atoms with Crippen molar-refractivity contribution in [2.45, 2.75) is 46.1 Å². The SMILES string of the molecule is Cc1cccc(C(CNC(=O)c2sc(C(C)(C)C)nc2C)N2CCOCC2)c1. The standard InChI is InChI=1S/C22H31N3O2S/c1-15-7-6-8-17(13-15)18(25-9-11-27-12-10-25)14-23-20(26)19-16(2)24-21(28-19)22(3,4)5/h6-8,13,18H,9-12,14H2,1-5H3,(H,23,26). The number of benzene rings is 1. The van der Waals surface area contributed by atoms with Gasteiger partial charge in [0.15, 0.2) is 0 Å². The lowest BCUT2D eigenvalue weighted by molar-refractivity contribution is 0.0162. The lowest BCUT2D eigenvalue weighted by atomic mass is 9.98. The lowest BCUT2D eigenvalue weighted by Crippen LogP contribution is -2.43. The monoisotopic (exact) mass is 401 g/mol. The second kappa shape index (κ2) is 8.72. The van der Waals surface area contributed by atoms with Gasteiger partial charge in [-0.3, -0.25) is 9.69 Å². The third kappa shape index (κ3) is 4.99. The van der Waals surface area contributed by atoms with E-state index in [1.807, 2.05) is 6.92 Å². The van der Waals surface area contributed by atoms with Crippen molar-refractivity contribution in [2.24, 2.45) is 0 Å². The Morgan fingerprint density at radius 1 is 1.29 bits per heavy atom. The first-order chi connectivity index (χ1) is 13.3. The first-order valence-corrected chi connectivity index (χ1v) is 10.7. The molecule has 0 saturated carbocycles. The molecular formula is C22H31N3O2S. The van der Waals surface area contributed by atoms with Crippen LogP contribution in [0.2, 0.25) is 0 Å². The Morgan fingerprint density at radius 2 is 2.00 bits per heavy atom. The molecule has 1 amide bonds. The van der Waals surface area contributed by atoms with Crippen LogP contribution in [-0.2, 0) is 10.2 Å². The van der Waals surface area contributed by atoms with Crippen molar-refractivity contribution in [3.05, 3.63) is 51.0 Å². The molecule has 1 aromatic carbocycles. The van der Waals surface area contributed by atoms with Gasteiger partial charge in [0.25, 0.3) is 5.91 Å². The molecule has 28 heavy (non-hydrogen) atoms. The number of rotatable bonds is 5. The van der Waals surface area contributed by atoms with Crippen LogP contribution in [0.15, 0.2) is 24.3 Å². The van der Waals surface area contributed by atoms with Gasteiger partial charge < -0.3 is 10.1 Å². The van der Waals surface area contributed by atoms with Crippen molar-refractivity contribution in [1.82, 2.24) is 15.2 Å². The molecule has 0 radical (unpaired) electrons. The largest absolute Gasteiger partial charge is 0.379 e. The molecule has 0 aliphatic carbocycles. The topological polar surface area (TPSA) is 54.5 Å². The van der Waals surface area contributed by atoms with Gasteiger partial charge in [0.1, 0.15) is 4.88 Å². The Hall–Kier alpha value is -1.76. The number of amides is 1. The summed E-state index contributed by atoms with van der Waals surface area (Å²) in [4.78, 5) is 20.6. The number of ether oxygens (including phenoxy) is 1. The molecule has 5 nitrogen and oxygen atoms in total. The molecule has 1 atom stereocenters. The third-order valence-corrected chi connectivity index (χ3v) is 6.60. The second-order valence-electron chi connectivity index (χ2n) is 8.47. The van der Waals surface area contributed by atoms with Gasteiger partial charge in [0.05, 0.1) is 30.0 Å². The van der Waals surface area contributed by atoms with Gasteiger partial charge >= 0.3 is 0 Å². The number of thiazole rings is 1. The smallest absolute Gasteiger partial charge is 0.263 e. The second-order valence-corrected chi connectivity index (χ2v) is 9.47. The molecular weight excluding hydrogens is 370 g/mol. The molecule has 0 spiro atoms. The van der Waals surface area contributed by atoms with Crippen LogP contribution in [0.4, 0.5) is 0 Å². The molecule has 1 aliphatic rings. The van der Waals surface area contributed by atoms with Gasteiger partial charge in [0.2, 0.25) is 0 Å². The van der Waals surface area contributed by atoms with E-state index in [4.69, 9.17) is 4.74 Å². The Balaban J connectivity index is 1.76. The molecule has 2 aromatic rings. The highest BCUT2D eigenvalue weighted by atomic mass is 32.1. The highest BCUT2D eigenvalue weighted by Crippen LogP contribution is 2.29. The molecule has 1 aromatic heterocycles. The molecule has 1 unspecified atom stereocenters. The summed E-state index contributed by atoms with van der Waals surface area (Å²) < 4.78 is 5.52. The number of nitrogens with zero attached hydrogens (tertiary/aromatic N) is 2.